The number of fused-ring (bicyclic) bond motifs is 1. The molecule has 1 unspecified atom stereocenters. The molecule has 31 heavy (non-hydrogen) atoms. The van der Waals surface area contributed by atoms with Gasteiger partial charge < -0.3 is 21.7 Å². The number of anilines is 1. The molecule has 0 radical (unpaired) electrons. The zero-order valence-corrected chi connectivity index (χ0v) is 16.5. The van der Waals surface area contributed by atoms with E-state index in [2.05, 4.69) is 26.1 Å². The van der Waals surface area contributed by atoms with Crippen molar-refractivity contribution < 1.29 is 18.8 Å². The van der Waals surface area contributed by atoms with Crippen LogP contribution >= 0.6 is 0 Å². The Labute approximate surface area is 175 Å². The maximum atomic E-state index is 14.1. The molecule has 4 amide bonds. The third kappa shape index (κ3) is 4.08. The second kappa shape index (κ2) is 7.90. The number of benzene rings is 2. The summed E-state index contributed by atoms with van der Waals surface area (Å²) in [6.45, 7) is 1.60. The number of carbonyl (C=O) groups excluding carboxylic acids is 3. The Balaban J connectivity index is 1.68. The molecule has 4 rings (SSSR count). The first-order chi connectivity index (χ1) is 14.8. The van der Waals surface area contributed by atoms with E-state index in [4.69, 9.17) is 5.73 Å². The van der Waals surface area contributed by atoms with E-state index in [-0.39, 0.29) is 17.6 Å². The van der Waals surface area contributed by atoms with Gasteiger partial charge in [0.1, 0.15) is 5.82 Å². The molecule has 10 heteroatoms. The molecule has 0 saturated carbocycles. The number of aromatic amines is 1. The van der Waals surface area contributed by atoms with Crippen molar-refractivity contribution >= 4 is 34.4 Å². The summed E-state index contributed by atoms with van der Waals surface area (Å²) in [6, 6.07) is 7.98. The standard InChI is InChI=1S/C21H19FN6O3/c1-10-18(20(30)26-14-3-5-16-13(7-14)9-24-28-16)19(27-21(31)25-10)11-2-4-15(22)12(6-11)8-17(23)29/h2-7,9,19H,8H2,1H3,(H2,23,29)(H,24,28)(H,26,30)(H2,25,27,31). The number of urea groups is 1. The average molecular weight is 422 g/mol. The highest BCUT2D eigenvalue weighted by atomic mass is 19.1. The van der Waals surface area contributed by atoms with Crippen LogP contribution in [-0.2, 0) is 16.0 Å². The minimum Gasteiger partial charge on any atom is -0.369 e. The molecule has 0 bridgehead atoms. The molecule has 6 N–H and O–H groups in total. The number of amides is 4. The molecule has 1 aromatic heterocycles. The van der Waals surface area contributed by atoms with Crippen LogP contribution < -0.4 is 21.7 Å². The van der Waals surface area contributed by atoms with Crippen molar-refractivity contribution in [3.63, 3.8) is 0 Å². The smallest absolute Gasteiger partial charge is 0.319 e. The van der Waals surface area contributed by atoms with Gasteiger partial charge in [-0.15, -0.1) is 0 Å². The number of hydrogen-bond donors (Lipinski definition) is 5. The minimum atomic E-state index is -0.848. The lowest BCUT2D eigenvalue weighted by Gasteiger charge is -2.29. The Bertz CT molecular complexity index is 1250. The number of nitrogens with one attached hydrogen (secondary N) is 4. The second-order valence-electron chi connectivity index (χ2n) is 7.19. The van der Waals surface area contributed by atoms with E-state index in [1.807, 2.05) is 0 Å². The van der Waals surface area contributed by atoms with Crippen molar-refractivity contribution in [3.8, 4) is 0 Å². The molecular formula is C21H19FN6O3. The van der Waals surface area contributed by atoms with Gasteiger partial charge in [0.25, 0.3) is 5.91 Å². The topological polar surface area (TPSA) is 142 Å². The van der Waals surface area contributed by atoms with Crippen molar-refractivity contribution in [2.75, 3.05) is 5.32 Å². The highest BCUT2D eigenvalue weighted by Crippen LogP contribution is 2.29. The summed E-state index contributed by atoms with van der Waals surface area (Å²) in [4.78, 5) is 36.5. The molecule has 0 saturated heterocycles. The number of allylic oxidation sites excluding steroid dienone is 1. The molecule has 1 aliphatic heterocycles. The molecule has 9 nitrogen and oxygen atoms in total. The van der Waals surface area contributed by atoms with E-state index in [0.29, 0.717) is 16.9 Å². The Hall–Kier alpha value is -4.21. The molecule has 1 atom stereocenters. The molecule has 2 aromatic carbocycles. The number of nitrogens with zero attached hydrogens (tertiary/aromatic N) is 1. The Kier molecular flexibility index (Phi) is 5.12. The molecule has 3 aromatic rings. The van der Waals surface area contributed by atoms with Crippen LogP contribution in [0.2, 0.25) is 0 Å². The van der Waals surface area contributed by atoms with E-state index in [1.54, 1.807) is 31.3 Å². The highest BCUT2D eigenvalue weighted by molar-refractivity contribution is 6.07. The Morgan fingerprint density at radius 3 is 2.81 bits per heavy atom. The second-order valence-corrected chi connectivity index (χ2v) is 7.19. The van der Waals surface area contributed by atoms with Crippen molar-refractivity contribution in [2.24, 2.45) is 5.73 Å². The first-order valence-electron chi connectivity index (χ1n) is 9.41. The molecule has 2 heterocycles. The summed E-state index contributed by atoms with van der Waals surface area (Å²) >= 11 is 0. The van der Waals surface area contributed by atoms with Gasteiger partial charge in [0.2, 0.25) is 5.91 Å². The molecule has 0 spiro atoms. The average Bonchev–Trinajstić information content (AvgIpc) is 3.16. The number of H-pyrrole nitrogens is 1. The summed E-state index contributed by atoms with van der Waals surface area (Å²) in [5.74, 6) is -1.73. The summed E-state index contributed by atoms with van der Waals surface area (Å²) in [6.07, 6.45) is 1.34. The number of halogens is 1. The number of rotatable bonds is 5. The van der Waals surface area contributed by atoms with Gasteiger partial charge in [-0.1, -0.05) is 6.07 Å². The molecular weight excluding hydrogens is 403 g/mol. The first kappa shape index (κ1) is 20.1. The number of primary amides is 1. The number of aromatic nitrogens is 2. The molecule has 1 aliphatic rings. The fourth-order valence-electron chi connectivity index (χ4n) is 3.56. The minimum absolute atomic E-state index is 0.0839. The lowest BCUT2D eigenvalue weighted by molar-refractivity contribution is -0.117. The normalized spacial score (nSPS) is 16.1. The van der Waals surface area contributed by atoms with Crippen LogP contribution in [0.3, 0.4) is 0 Å². The van der Waals surface area contributed by atoms with Crippen LogP contribution in [0.15, 0.2) is 53.9 Å². The Morgan fingerprint density at radius 2 is 2.03 bits per heavy atom. The van der Waals surface area contributed by atoms with Crippen LogP contribution in [0.5, 0.6) is 0 Å². The maximum absolute atomic E-state index is 14.1. The molecule has 0 fully saturated rings. The van der Waals surface area contributed by atoms with Gasteiger partial charge in [-0.3, -0.25) is 14.7 Å². The predicted molar refractivity (Wildman–Crippen MR) is 111 cm³/mol. The van der Waals surface area contributed by atoms with Gasteiger partial charge in [0, 0.05) is 16.8 Å². The monoisotopic (exact) mass is 422 g/mol. The van der Waals surface area contributed by atoms with Gasteiger partial charge in [-0.25, -0.2) is 9.18 Å². The van der Waals surface area contributed by atoms with E-state index < -0.39 is 29.7 Å². The van der Waals surface area contributed by atoms with Crippen molar-refractivity contribution in [3.05, 3.63) is 70.8 Å². The van der Waals surface area contributed by atoms with E-state index >= 15 is 0 Å². The van der Waals surface area contributed by atoms with Gasteiger partial charge >= 0.3 is 6.03 Å². The van der Waals surface area contributed by atoms with Gasteiger partial charge in [0.15, 0.2) is 0 Å². The summed E-state index contributed by atoms with van der Waals surface area (Å²) < 4.78 is 14.1. The van der Waals surface area contributed by atoms with Gasteiger partial charge in [-0.2, -0.15) is 5.10 Å². The maximum Gasteiger partial charge on any atom is 0.319 e. The van der Waals surface area contributed by atoms with Crippen LogP contribution in [0.25, 0.3) is 10.9 Å². The third-order valence-corrected chi connectivity index (χ3v) is 4.98. The van der Waals surface area contributed by atoms with Crippen LogP contribution in [0.1, 0.15) is 24.1 Å². The predicted octanol–water partition coefficient (Wildman–Crippen LogP) is 2.00. The summed E-state index contributed by atoms with van der Waals surface area (Å²) in [5.41, 5.74) is 7.71. The highest BCUT2D eigenvalue weighted by Gasteiger charge is 2.31. The lowest BCUT2D eigenvalue weighted by Crippen LogP contribution is -2.46. The quantitative estimate of drug-likeness (QED) is 0.429. The number of hydrogen-bond acceptors (Lipinski definition) is 4. The van der Waals surface area contributed by atoms with Gasteiger partial charge in [0.05, 0.1) is 29.7 Å². The third-order valence-electron chi connectivity index (χ3n) is 4.98. The van der Waals surface area contributed by atoms with Crippen LogP contribution in [0, 0.1) is 5.82 Å². The van der Waals surface area contributed by atoms with Crippen molar-refractivity contribution in [1.82, 2.24) is 20.8 Å². The first-order valence-corrected chi connectivity index (χ1v) is 9.41. The van der Waals surface area contributed by atoms with Crippen LogP contribution in [0.4, 0.5) is 14.9 Å². The molecule has 158 valence electrons. The van der Waals surface area contributed by atoms with E-state index in [9.17, 15) is 18.8 Å². The number of carbonyl (C=O) groups is 3. The van der Waals surface area contributed by atoms with E-state index in [0.717, 1.165) is 10.9 Å². The van der Waals surface area contributed by atoms with Crippen LogP contribution in [-0.4, -0.2) is 28.0 Å². The fourth-order valence-corrected chi connectivity index (χ4v) is 3.56. The summed E-state index contributed by atoms with van der Waals surface area (Å²) in [5, 5.41) is 15.7. The van der Waals surface area contributed by atoms with E-state index in [1.165, 1.54) is 18.2 Å². The van der Waals surface area contributed by atoms with Crippen molar-refractivity contribution in [1.29, 1.82) is 0 Å². The molecule has 0 aliphatic carbocycles. The SMILES string of the molecule is CC1=C(C(=O)Nc2ccc3[nH]ncc3c2)C(c2ccc(F)c(CC(N)=O)c2)NC(=O)N1. The largest absolute Gasteiger partial charge is 0.369 e. The van der Waals surface area contributed by atoms with Gasteiger partial charge in [-0.05, 0) is 48.4 Å². The fraction of sp³-hybridized carbons (Fsp3) is 0.143. The van der Waals surface area contributed by atoms with Crippen molar-refractivity contribution in [2.45, 2.75) is 19.4 Å². The zero-order valence-electron chi connectivity index (χ0n) is 16.5. The summed E-state index contributed by atoms with van der Waals surface area (Å²) in [7, 11) is 0. The Morgan fingerprint density at radius 1 is 1.23 bits per heavy atom. The zero-order chi connectivity index (χ0) is 22.1. The number of nitrogens with two attached hydrogens (primary N) is 1. The lowest BCUT2D eigenvalue weighted by atomic mass is 9.93.